The van der Waals surface area contributed by atoms with Crippen molar-refractivity contribution in [2.24, 2.45) is 0 Å². The van der Waals surface area contributed by atoms with E-state index < -0.39 is 5.60 Å². The molecule has 1 aliphatic rings. The number of nitrogens with one attached hydrogen (secondary N) is 1. The molecule has 0 saturated heterocycles. The third-order valence-electron chi connectivity index (χ3n) is 2.69. The van der Waals surface area contributed by atoms with Crippen molar-refractivity contribution in [2.45, 2.75) is 32.8 Å². The molecule has 0 spiro atoms. The van der Waals surface area contributed by atoms with E-state index in [9.17, 15) is 4.79 Å². The molecule has 0 aliphatic carbocycles. The lowest BCUT2D eigenvalue weighted by Gasteiger charge is -2.22. The third kappa shape index (κ3) is 3.13. The highest BCUT2D eigenvalue weighted by molar-refractivity contribution is 5.91. The van der Waals surface area contributed by atoms with Crippen molar-refractivity contribution in [3.05, 3.63) is 41.5 Å². The highest BCUT2D eigenvalue weighted by Crippen LogP contribution is 2.22. The maximum Gasteiger partial charge on any atom is 0.333 e. The average Bonchev–Trinajstić information content (AvgIpc) is 2.27. The summed E-state index contributed by atoms with van der Waals surface area (Å²) in [4.78, 5) is 11.8. The Kier molecular flexibility index (Phi) is 3.41. The molecule has 18 heavy (non-hydrogen) atoms. The Labute approximate surface area is 108 Å². The molecule has 0 radical (unpaired) electrons. The fourth-order valence-corrected chi connectivity index (χ4v) is 2.01. The van der Waals surface area contributed by atoms with Gasteiger partial charge in [-0.1, -0.05) is 24.3 Å². The summed E-state index contributed by atoms with van der Waals surface area (Å²) < 4.78 is 5.30. The van der Waals surface area contributed by atoms with Gasteiger partial charge in [0.2, 0.25) is 0 Å². The molecule has 0 aromatic heterocycles. The normalized spacial score (nSPS) is 16.9. The van der Waals surface area contributed by atoms with Crippen LogP contribution >= 0.6 is 0 Å². The first-order valence-corrected chi connectivity index (χ1v) is 6.22. The topological polar surface area (TPSA) is 38.3 Å². The van der Waals surface area contributed by atoms with E-state index in [4.69, 9.17) is 4.74 Å². The van der Waals surface area contributed by atoms with E-state index in [2.05, 4.69) is 11.4 Å². The van der Waals surface area contributed by atoms with Crippen LogP contribution in [-0.2, 0) is 16.0 Å². The fraction of sp³-hybridized carbons (Fsp3) is 0.400. The van der Waals surface area contributed by atoms with Crippen molar-refractivity contribution >= 4 is 11.7 Å². The summed E-state index contributed by atoms with van der Waals surface area (Å²) in [5.74, 6) is -0.304. The van der Waals surface area contributed by atoms with Gasteiger partial charge in [-0.15, -0.1) is 0 Å². The molecule has 3 nitrogen and oxygen atoms in total. The van der Waals surface area contributed by atoms with Crippen LogP contribution in [0.3, 0.4) is 0 Å². The molecule has 3 heteroatoms. The van der Waals surface area contributed by atoms with Gasteiger partial charge >= 0.3 is 5.97 Å². The Hall–Kier alpha value is -1.77. The number of hydrogen-bond donors (Lipinski definition) is 1. The fourth-order valence-electron chi connectivity index (χ4n) is 2.01. The Balaban J connectivity index is 2.22. The standard InChI is InChI=1S/C15H19NO2/c1-15(2,3)18-14(17)10-13-12-7-5-4-6-11(12)8-9-16-13/h4-7,10,16H,8-9H2,1-3H3/b13-10-. The number of ether oxygens (including phenoxy) is 1. The number of carbonyl (C=O) groups excluding carboxylic acids is 1. The van der Waals surface area contributed by atoms with Crippen LogP contribution in [0, 0.1) is 0 Å². The largest absolute Gasteiger partial charge is 0.457 e. The molecule has 0 fully saturated rings. The van der Waals surface area contributed by atoms with Crippen molar-refractivity contribution in [1.29, 1.82) is 0 Å². The summed E-state index contributed by atoms with van der Waals surface area (Å²) in [5, 5.41) is 3.25. The van der Waals surface area contributed by atoms with Crippen LogP contribution in [0.5, 0.6) is 0 Å². The van der Waals surface area contributed by atoms with Gasteiger partial charge in [0.05, 0.1) is 0 Å². The molecule has 96 valence electrons. The van der Waals surface area contributed by atoms with E-state index in [-0.39, 0.29) is 5.97 Å². The summed E-state index contributed by atoms with van der Waals surface area (Å²) in [6.45, 7) is 6.45. The Morgan fingerprint density at radius 1 is 1.33 bits per heavy atom. The second kappa shape index (κ2) is 4.84. The highest BCUT2D eigenvalue weighted by atomic mass is 16.6. The van der Waals surface area contributed by atoms with Crippen molar-refractivity contribution < 1.29 is 9.53 Å². The lowest BCUT2D eigenvalue weighted by Crippen LogP contribution is -2.26. The molecule has 1 aromatic carbocycles. The van der Waals surface area contributed by atoms with Crippen LogP contribution < -0.4 is 5.32 Å². The van der Waals surface area contributed by atoms with E-state index in [1.165, 1.54) is 5.56 Å². The van der Waals surface area contributed by atoms with E-state index in [0.717, 1.165) is 24.2 Å². The van der Waals surface area contributed by atoms with E-state index in [1.807, 2.05) is 39.0 Å². The van der Waals surface area contributed by atoms with Gasteiger partial charge in [0.15, 0.2) is 0 Å². The molecule has 1 heterocycles. The van der Waals surface area contributed by atoms with Crippen molar-refractivity contribution in [1.82, 2.24) is 5.32 Å². The van der Waals surface area contributed by atoms with E-state index >= 15 is 0 Å². The van der Waals surface area contributed by atoms with Crippen molar-refractivity contribution in [2.75, 3.05) is 6.54 Å². The number of hydrogen-bond acceptors (Lipinski definition) is 3. The summed E-state index contributed by atoms with van der Waals surface area (Å²) in [6.07, 6.45) is 2.53. The molecule has 0 unspecified atom stereocenters. The molecule has 0 saturated carbocycles. The Morgan fingerprint density at radius 2 is 2.06 bits per heavy atom. The molecular formula is C15H19NO2. The van der Waals surface area contributed by atoms with Crippen molar-refractivity contribution in [3.63, 3.8) is 0 Å². The first-order valence-electron chi connectivity index (χ1n) is 6.22. The predicted octanol–water partition coefficient (Wildman–Crippen LogP) is 2.51. The van der Waals surface area contributed by atoms with Crippen LogP contribution in [0.4, 0.5) is 0 Å². The van der Waals surface area contributed by atoms with Crippen molar-refractivity contribution in [3.8, 4) is 0 Å². The molecule has 0 atom stereocenters. The van der Waals surface area contributed by atoms with Crippen LogP contribution in [0.15, 0.2) is 30.3 Å². The summed E-state index contributed by atoms with van der Waals surface area (Å²) in [7, 11) is 0. The molecule has 1 N–H and O–H groups in total. The lowest BCUT2D eigenvalue weighted by molar-refractivity contribution is -0.148. The van der Waals surface area contributed by atoms with Gasteiger partial charge < -0.3 is 10.1 Å². The number of carbonyl (C=O) groups is 1. The number of fused-ring (bicyclic) bond motifs is 1. The minimum absolute atomic E-state index is 0.304. The van der Waals surface area contributed by atoms with Crippen LogP contribution in [0.2, 0.25) is 0 Å². The number of esters is 1. The highest BCUT2D eigenvalue weighted by Gasteiger charge is 2.18. The first kappa shape index (κ1) is 12.7. The smallest absolute Gasteiger partial charge is 0.333 e. The van der Waals surface area contributed by atoms with Gasteiger partial charge in [-0.3, -0.25) is 0 Å². The first-order chi connectivity index (χ1) is 8.46. The minimum Gasteiger partial charge on any atom is -0.457 e. The van der Waals surface area contributed by atoms with Gasteiger partial charge in [-0.05, 0) is 32.8 Å². The van der Waals surface area contributed by atoms with Gasteiger partial charge in [-0.2, -0.15) is 0 Å². The van der Waals surface area contributed by atoms with Crippen LogP contribution in [-0.4, -0.2) is 18.1 Å². The summed E-state index contributed by atoms with van der Waals surface area (Å²) in [6, 6.07) is 8.13. The van der Waals surface area contributed by atoms with Crippen LogP contribution in [0.1, 0.15) is 31.9 Å². The zero-order chi connectivity index (χ0) is 13.2. The Morgan fingerprint density at radius 3 is 2.78 bits per heavy atom. The molecular weight excluding hydrogens is 226 g/mol. The molecule has 0 bridgehead atoms. The van der Waals surface area contributed by atoms with E-state index in [0.29, 0.717) is 0 Å². The zero-order valence-corrected chi connectivity index (χ0v) is 11.1. The SMILES string of the molecule is CC(C)(C)OC(=O)/C=C1\NCCc2ccccc21. The van der Waals surface area contributed by atoms with Gasteiger partial charge in [0, 0.05) is 23.9 Å². The molecule has 0 amide bonds. The second-order valence-electron chi connectivity index (χ2n) is 5.43. The zero-order valence-electron chi connectivity index (χ0n) is 11.1. The van der Waals surface area contributed by atoms with Gasteiger partial charge in [0.25, 0.3) is 0 Å². The predicted molar refractivity (Wildman–Crippen MR) is 72.0 cm³/mol. The number of benzene rings is 1. The third-order valence-corrected chi connectivity index (χ3v) is 2.69. The monoisotopic (exact) mass is 245 g/mol. The maximum absolute atomic E-state index is 11.8. The molecule has 2 rings (SSSR count). The summed E-state index contributed by atoms with van der Waals surface area (Å²) in [5.41, 5.74) is 2.76. The van der Waals surface area contributed by atoms with Gasteiger partial charge in [-0.25, -0.2) is 4.79 Å². The molecule has 1 aliphatic heterocycles. The van der Waals surface area contributed by atoms with Gasteiger partial charge in [0.1, 0.15) is 5.60 Å². The minimum atomic E-state index is -0.456. The number of rotatable bonds is 1. The maximum atomic E-state index is 11.8. The second-order valence-corrected chi connectivity index (χ2v) is 5.43. The average molecular weight is 245 g/mol. The lowest BCUT2D eigenvalue weighted by atomic mass is 9.98. The quantitative estimate of drug-likeness (QED) is 0.610. The summed E-state index contributed by atoms with van der Waals surface area (Å²) >= 11 is 0. The van der Waals surface area contributed by atoms with E-state index in [1.54, 1.807) is 6.08 Å². The molecule has 1 aromatic rings. The van der Waals surface area contributed by atoms with Crippen LogP contribution in [0.25, 0.3) is 5.70 Å². The Bertz CT molecular complexity index is 484.